The first-order valence-electron chi connectivity index (χ1n) is 7.94. The zero-order valence-electron chi connectivity index (χ0n) is 14.4. The average molecular weight is 386 g/mol. The van der Waals surface area contributed by atoms with Crippen LogP contribution in [0, 0.1) is 0 Å². The molecular formula is C20H18O4S2. The van der Waals surface area contributed by atoms with Crippen LogP contribution in [0.2, 0.25) is 0 Å². The fourth-order valence-electron chi connectivity index (χ4n) is 3.13. The number of allylic oxidation sites excluding steroid dienone is 2. The van der Waals surface area contributed by atoms with E-state index >= 15 is 0 Å². The van der Waals surface area contributed by atoms with E-state index in [0.717, 1.165) is 38.3 Å². The van der Waals surface area contributed by atoms with E-state index in [1.54, 1.807) is 24.3 Å². The molecule has 6 heteroatoms. The van der Waals surface area contributed by atoms with Gasteiger partial charge in [0.25, 0.3) is 0 Å². The molecule has 0 saturated heterocycles. The highest BCUT2D eigenvalue weighted by Gasteiger charge is 2.25. The number of hydrogen-bond donors (Lipinski definition) is 2. The summed E-state index contributed by atoms with van der Waals surface area (Å²) in [6.07, 6.45) is 3.07. The second-order valence-corrected chi connectivity index (χ2v) is 8.84. The van der Waals surface area contributed by atoms with Gasteiger partial charge in [-0.25, -0.2) is 8.42 Å². The van der Waals surface area contributed by atoms with Crippen LogP contribution >= 0.6 is 12.6 Å². The van der Waals surface area contributed by atoms with E-state index in [9.17, 15) is 18.3 Å². The second-order valence-electron chi connectivity index (χ2n) is 6.30. The first-order valence-corrected chi connectivity index (χ1v) is 10.3. The SMILES string of the molecule is CC1=C(CC(=O)O)c2ccc(S)cc2C1=Cc1ccc(S(C)(=O)=O)cc1. The molecule has 1 aliphatic carbocycles. The van der Waals surface area contributed by atoms with E-state index in [1.807, 2.05) is 31.2 Å². The van der Waals surface area contributed by atoms with Gasteiger partial charge >= 0.3 is 5.97 Å². The quantitative estimate of drug-likeness (QED) is 0.773. The van der Waals surface area contributed by atoms with Gasteiger partial charge in [0.1, 0.15) is 0 Å². The minimum absolute atomic E-state index is 0.0465. The summed E-state index contributed by atoms with van der Waals surface area (Å²) in [5.74, 6) is -0.876. The Hall–Kier alpha value is -2.31. The van der Waals surface area contributed by atoms with Crippen molar-refractivity contribution in [2.24, 2.45) is 0 Å². The standard InChI is InChI=1S/C20H18O4S2/c1-12-17(9-13-3-6-15(7-4-13)26(2,23)24)19-10-14(25)5-8-16(19)18(12)11-20(21)22/h3-10,25H,11H2,1-2H3,(H,21,22). The first-order chi connectivity index (χ1) is 12.2. The van der Waals surface area contributed by atoms with Crippen molar-refractivity contribution < 1.29 is 18.3 Å². The molecule has 0 heterocycles. The number of fused-ring (bicyclic) bond motifs is 1. The summed E-state index contributed by atoms with van der Waals surface area (Å²) in [6, 6.07) is 12.3. The molecule has 1 N–H and O–H groups in total. The van der Waals surface area contributed by atoms with E-state index in [1.165, 1.54) is 6.26 Å². The topological polar surface area (TPSA) is 71.4 Å². The Morgan fingerprint density at radius 2 is 1.77 bits per heavy atom. The molecule has 134 valence electrons. The van der Waals surface area contributed by atoms with Crippen LogP contribution in [-0.2, 0) is 14.6 Å². The van der Waals surface area contributed by atoms with Crippen LogP contribution < -0.4 is 0 Å². The fraction of sp³-hybridized carbons (Fsp3) is 0.150. The highest BCUT2D eigenvalue weighted by molar-refractivity contribution is 7.90. The van der Waals surface area contributed by atoms with E-state index in [-0.39, 0.29) is 11.3 Å². The lowest BCUT2D eigenvalue weighted by Crippen LogP contribution is -1.96. The smallest absolute Gasteiger partial charge is 0.307 e. The Morgan fingerprint density at radius 1 is 1.12 bits per heavy atom. The van der Waals surface area contributed by atoms with Gasteiger partial charge in [0.2, 0.25) is 0 Å². The third kappa shape index (κ3) is 3.61. The van der Waals surface area contributed by atoms with Crippen molar-refractivity contribution in [1.29, 1.82) is 0 Å². The molecule has 0 radical (unpaired) electrons. The van der Waals surface area contributed by atoms with E-state index in [4.69, 9.17) is 0 Å². The zero-order valence-corrected chi connectivity index (χ0v) is 16.1. The van der Waals surface area contributed by atoms with Gasteiger partial charge < -0.3 is 5.11 Å². The molecule has 0 amide bonds. The van der Waals surface area contributed by atoms with Crippen LogP contribution in [0.1, 0.15) is 30.0 Å². The van der Waals surface area contributed by atoms with Gasteiger partial charge in [0.15, 0.2) is 9.84 Å². The minimum Gasteiger partial charge on any atom is -0.481 e. The molecule has 2 aromatic carbocycles. The van der Waals surface area contributed by atoms with E-state index < -0.39 is 15.8 Å². The van der Waals surface area contributed by atoms with Crippen LogP contribution in [0.15, 0.2) is 57.8 Å². The van der Waals surface area contributed by atoms with E-state index in [0.29, 0.717) is 0 Å². The Bertz CT molecular complexity index is 1060. The molecular weight excluding hydrogens is 368 g/mol. The molecule has 0 spiro atoms. The number of sulfone groups is 1. The van der Waals surface area contributed by atoms with Crippen molar-refractivity contribution in [1.82, 2.24) is 0 Å². The normalized spacial score (nSPS) is 15.4. The maximum Gasteiger partial charge on any atom is 0.307 e. The number of hydrogen-bond acceptors (Lipinski definition) is 4. The third-order valence-corrected chi connectivity index (χ3v) is 5.83. The van der Waals surface area contributed by atoms with Crippen LogP contribution in [0.25, 0.3) is 17.2 Å². The summed E-state index contributed by atoms with van der Waals surface area (Å²) in [5, 5.41) is 9.23. The van der Waals surface area contributed by atoms with Gasteiger partial charge in [-0.1, -0.05) is 18.2 Å². The average Bonchev–Trinajstić information content (AvgIpc) is 2.79. The molecule has 0 saturated carbocycles. The van der Waals surface area contributed by atoms with Gasteiger partial charge in [-0.2, -0.15) is 0 Å². The number of rotatable bonds is 4. The maximum absolute atomic E-state index is 11.6. The predicted octanol–water partition coefficient (Wildman–Crippen LogP) is 4.18. The number of benzene rings is 2. The van der Waals surface area contributed by atoms with Crippen molar-refractivity contribution in [3.05, 3.63) is 64.7 Å². The van der Waals surface area contributed by atoms with Crippen molar-refractivity contribution in [2.45, 2.75) is 23.1 Å². The molecule has 4 nitrogen and oxygen atoms in total. The highest BCUT2D eigenvalue weighted by atomic mass is 32.2. The number of carbonyl (C=O) groups is 1. The molecule has 0 aliphatic heterocycles. The van der Waals surface area contributed by atoms with Crippen molar-refractivity contribution in [2.75, 3.05) is 6.26 Å². The van der Waals surface area contributed by atoms with Crippen LogP contribution in [0.4, 0.5) is 0 Å². The Balaban J connectivity index is 2.11. The minimum atomic E-state index is -3.24. The number of carboxylic acids is 1. The second kappa shape index (κ2) is 6.78. The Kier molecular flexibility index (Phi) is 4.82. The van der Waals surface area contributed by atoms with Crippen LogP contribution in [0.5, 0.6) is 0 Å². The number of aliphatic carboxylic acids is 1. The molecule has 2 aromatic rings. The predicted molar refractivity (Wildman–Crippen MR) is 106 cm³/mol. The van der Waals surface area contributed by atoms with Crippen molar-refractivity contribution in [3.63, 3.8) is 0 Å². The van der Waals surface area contributed by atoms with Gasteiger partial charge in [-0.15, -0.1) is 12.6 Å². The zero-order chi connectivity index (χ0) is 19.1. The first kappa shape index (κ1) is 18.5. The van der Waals surface area contributed by atoms with Crippen LogP contribution in [-0.4, -0.2) is 25.7 Å². The molecule has 1 aliphatic rings. The summed E-state index contributed by atoms with van der Waals surface area (Å²) in [6.45, 7) is 1.91. The van der Waals surface area contributed by atoms with E-state index in [2.05, 4.69) is 12.6 Å². The summed E-state index contributed by atoms with van der Waals surface area (Å²) in [4.78, 5) is 12.3. The molecule has 0 aromatic heterocycles. The highest BCUT2D eigenvalue weighted by Crippen LogP contribution is 2.44. The van der Waals surface area contributed by atoms with Gasteiger partial charge in [-0.3, -0.25) is 4.79 Å². The van der Waals surface area contributed by atoms with Gasteiger partial charge in [0, 0.05) is 11.2 Å². The van der Waals surface area contributed by atoms with Crippen molar-refractivity contribution in [3.8, 4) is 0 Å². The summed E-state index contributed by atoms with van der Waals surface area (Å²) >= 11 is 4.40. The van der Waals surface area contributed by atoms with Gasteiger partial charge in [-0.05, 0) is 70.7 Å². The Labute approximate surface area is 158 Å². The lowest BCUT2D eigenvalue weighted by molar-refractivity contribution is -0.135. The summed E-state index contributed by atoms with van der Waals surface area (Å²) in [5.41, 5.74) is 5.33. The molecule has 26 heavy (non-hydrogen) atoms. The third-order valence-electron chi connectivity index (χ3n) is 4.42. The number of carboxylic acid groups (broad SMARTS) is 1. The van der Waals surface area contributed by atoms with Crippen molar-refractivity contribution >= 4 is 45.7 Å². The monoisotopic (exact) mass is 386 g/mol. The Morgan fingerprint density at radius 3 is 2.35 bits per heavy atom. The summed E-state index contributed by atoms with van der Waals surface area (Å²) in [7, 11) is -3.24. The lowest BCUT2D eigenvalue weighted by atomic mass is 10.0. The molecule has 0 atom stereocenters. The lowest BCUT2D eigenvalue weighted by Gasteiger charge is -2.06. The van der Waals surface area contributed by atoms with Crippen LogP contribution in [0.3, 0.4) is 0 Å². The molecule has 0 unspecified atom stereocenters. The fourth-order valence-corrected chi connectivity index (χ4v) is 3.96. The summed E-state index contributed by atoms with van der Waals surface area (Å²) < 4.78 is 23.2. The largest absolute Gasteiger partial charge is 0.481 e. The maximum atomic E-state index is 11.6. The van der Waals surface area contributed by atoms with Gasteiger partial charge in [0.05, 0.1) is 11.3 Å². The molecule has 3 rings (SSSR count). The number of thiol groups is 1. The molecule has 0 bridgehead atoms. The molecule has 0 fully saturated rings.